The van der Waals surface area contributed by atoms with Crippen LogP contribution < -0.4 is 11.1 Å². The van der Waals surface area contributed by atoms with Crippen LogP contribution in [-0.2, 0) is 38.1 Å². The van der Waals surface area contributed by atoms with Crippen molar-refractivity contribution in [2.45, 2.75) is 63.0 Å². The van der Waals surface area contributed by atoms with E-state index in [2.05, 4.69) is 10.3 Å². The average Bonchev–Trinajstić information content (AvgIpc) is 3.26. The van der Waals surface area contributed by atoms with Crippen LogP contribution in [0, 0.1) is 5.41 Å². The molecule has 3 heterocycles. The van der Waals surface area contributed by atoms with Gasteiger partial charge >= 0.3 is 6.18 Å². The fraction of sp³-hybridized carbons (Fsp3) is 0.750. The molecular weight excluding hydrogens is 465 g/mol. The van der Waals surface area contributed by atoms with Gasteiger partial charge in [-0.05, 0) is 37.3 Å². The van der Waals surface area contributed by atoms with Gasteiger partial charge in [0.1, 0.15) is 0 Å². The number of carbonyl (C=O) groups is 1. The standard InChI is InChI=1S/C24H35F3N4O4/c1-33-21-14-34-8-4-20(21)30-18-2-5-23(11-18,15-35-9-6-28)22(32)31-7-3-19-16(13-31)10-17(12-29-19)24(25,26)27/h10,12,18,20-21,30H,2-9,11,13-15,28H2,1H3/t18?,20-,21+,23-/m0/s1. The van der Waals surface area contributed by atoms with Gasteiger partial charge in [-0.3, -0.25) is 9.78 Å². The average molecular weight is 501 g/mol. The van der Waals surface area contributed by atoms with E-state index in [-0.39, 0.29) is 37.2 Å². The van der Waals surface area contributed by atoms with Gasteiger partial charge in [0, 0.05) is 63.7 Å². The predicted molar refractivity (Wildman–Crippen MR) is 121 cm³/mol. The minimum absolute atomic E-state index is 0.0446. The number of nitrogens with one attached hydrogen (secondary N) is 1. The summed E-state index contributed by atoms with van der Waals surface area (Å²) in [4.78, 5) is 19.6. The number of nitrogens with zero attached hydrogens (tertiary/aromatic N) is 2. The first kappa shape index (κ1) is 26.3. The van der Waals surface area contributed by atoms with Crippen LogP contribution in [-0.4, -0.2) is 80.6 Å². The van der Waals surface area contributed by atoms with Crippen molar-refractivity contribution < 1.29 is 32.2 Å². The van der Waals surface area contributed by atoms with Gasteiger partial charge in [-0.2, -0.15) is 13.2 Å². The SMILES string of the molecule is CO[C@@H]1COCC[C@@H]1NC1CC[C@](COCCN)(C(=O)N2CCc3ncc(C(F)(F)F)cc3C2)C1. The topological polar surface area (TPSA) is 98.9 Å². The summed E-state index contributed by atoms with van der Waals surface area (Å²) in [5.74, 6) is -0.0721. The minimum atomic E-state index is -4.47. The van der Waals surface area contributed by atoms with Gasteiger partial charge in [-0.1, -0.05) is 0 Å². The van der Waals surface area contributed by atoms with Crippen LogP contribution in [0.25, 0.3) is 0 Å². The maximum Gasteiger partial charge on any atom is 0.417 e. The van der Waals surface area contributed by atoms with Crippen LogP contribution in [0.1, 0.15) is 42.5 Å². The molecule has 4 atom stereocenters. The maximum absolute atomic E-state index is 13.9. The molecule has 11 heteroatoms. The van der Waals surface area contributed by atoms with Crippen LogP contribution in [0.2, 0.25) is 0 Å². The van der Waals surface area contributed by atoms with E-state index in [9.17, 15) is 18.0 Å². The zero-order valence-electron chi connectivity index (χ0n) is 20.1. The van der Waals surface area contributed by atoms with Gasteiger partial charge in [0.25, 0.3) is 0 Å². The van der Waals surface area contributed by atoms with Crippen molar-refractivity contribution >= 4 is 5.91 Å². The molecule has 1 saturated heterocycles. The van der Waals surface area contributed by atoms with Crippen molar-refractivity contribution in [1.82, 2.24) is 15.2 Å². The van der Waals surface area contributed by atoms with E-state index in [1.807, 2.05) is 0 Å². The molecule has 1 saturated carbocycles. The second-order valence-electron chi connectivity index (χ2n) is 9.78. The number of amides is 1. The number of ether oxygens (including phenoxy) is 3. The molecule has 2 fully saturated rings. The molecule has 1 aromatic heterocycles. The lowest BCUT2D eigenvalue weighted by Crippen LogP contribution is -2.52. The highest BCUT2D eigenvalue weighted by Gasteiger charge is 2.48. The molecule has 1 unspecified atom stereocenters. The number of rotatable bonds is 8. The quantitative estimate of drug-likeness (QED) is 0.526. The molecule has 3 N–H and O–H groups in total. The third-order valence-corrected chi connectivity index (χ3v) is 7.41. The largest absolute Gasteiger partial charge is 0.417 e. The number of carbonyl (C=O) groups excluding carboxylic acids is 1. The highest BCUT2D eigenvalue weighted by Crippen LogP contribution is 2.42. The molecule has 2 aliphatic heterocycles. The first-order valence-corrected chi connectivity index (χ1v) is 12.2. The fourth-order valence-corrected chi connectivity index (χ4v) is 5.53. The summed E-state index contributed by atoms with van der Waals surface area (Å²) < 4.78 is 56.5. The van der Waals surface area contributed by atoms with Crippen molar-refractivity contribution in [2.24, 2.45) is 11.1 Å². The Morgan fingerprint density at radius 3 is 2.97 bits per heavy atom. The van der Waals surface area contributed by atoms with Crippen molar-refractivity contribution in [3.8, 4) is 0 Å². The molecular formula is C24H35F3N4O4. The van der Waals surface area contributed by atoms with E-state index in [0.717, 1.165) is 25.1 Å². The lowest BCUT2D eigenvalue weighted by molar-refractivity contribution is -0.147. The molecule has 0 radical (unpaired) electrons. The van der Waals surface area contributed by atoms with Crippen molar-refractivity contribution in [3.05, 3.63) is 29.1 Å². The van der Waals surface area contributed by atoms with E-state index in [1.54, 1.807) is 12.0 Å². The summed E-state index contributed by atoms with van der Waals surface area (Å²) in [7, 11) is 1.67. The molecule has 3 aliphatic rings. The van der Waals surface area contributed by atoms with Gasteiger partial charge in [-0.25, -0.2) is 0 Å². The van der Waals surface area contributed by atoms with Crippen LogP contribution in [0.5, 0.6) is 0 Å². The highest BCUT2D eigenvalue weighted by molar-refractivity contribution is 5.83. The number of methoxy groups -OCH3 is 1. The second kappa shape index (κ2) is 11.1. The number of aromatic nitrogens is 1. The summed E-state index contributed by atoms with van der Waals surface area (Å²) in [5.41, 5.74) is 5.14. The summed E-state index contributed by atoms with van der Waals surface area (Å²) >= 11 is 0. The molecule has 8 nitrogen and oxygen atoms in total. The van der Waals surface area contributed by atoms with Gasteiger partial charge in [0.05, 0.1) is 36.9 Å². The Bertz CT molecular complexity index is 887. The summed E-state index contributed by atoms with van der Waals surface area (Å²) in [5, 5.41) is 3.67. The van der Waals surface area contributed by atoms with E-state index in [0.29, 0.717) is 63.4 Å². The molecule has 1 amide bonds. The smallest absolute Gasteiger partial charge is 0.379 e. The van der Waals surface area contributed by atoms with Gasteiger partial charge in [0.2, 0.25) is 5.91 Å². The monoisotopic (exact) mass is 500 g/mol. The zero-order chi connectivity index (χ0) is 25.1. The normalized spacial score (nSPS) is 29.3. The molecule has 1 aliphatic carbocycles. The molecule has 0 bridgehead atoms. The number of nitrogens with two attached hydrogens (primary N) is 1. The van der Waals surface area contributed by atoms with E-state index < -0.39 is 17.2 Å². The molecule has 196 valence electrons. The van der Waals surface area contributed by atoms with Gasteiger partial charge in [-0.15, -0.1) is 0 Å². The molecule has 0 aromatic carbocycles. The Kier molecular flexibility index (Phi) is 8.32. The van der Waals surface area contributed by atoms with Gasteiger partial charge in [0.15, 0.2) is 0 Å². The van der Waals surface area contributed by atoms with E-state index in [1.165, 1.54) is 0 Å². The van der Waals surface area contributed by atoms with Gasteiger partial charge < -0.3 is 30.2 Å². The maximum atomic E-state index is 13.9. The Morgan fingerprint density at radius 1 is 1.40 bits per heavy atom. The molecule has 4 rings (SSSR count). The first-order valence-electron chi connectivity index (χ1n) is 12.2. The number of alkyl halides is 3. The first-order chi connectivity index (χ1) is 16.8. The number of pyridine rings is 1. The van der Waals surface area contributed by atoms with Crippen LogP contribution >= 0.6 is 0 Å². The van der Waals surface area contributed by atoms with Crippen LogP contribution in [0.4, 0.5) is 13.2 Å². The Balaban J connectivity index is 1.48. The number of fused-ring (bicyclic) bond motifs is 1. The summed E-state index contributed by atoms with van der Waals surface area (Å²) in [6.45, 7) is 2.68. The number of hydrogen-bond donors (Lipinski definition) is 2. The van der Waals surface area contributed by atoms with Crippen molar-refractivity contribution in [1.29, 1.82) is 0 Å². The van der Waals surface area contributed by atoms with Crippen molar-refractivity contribution in [2.75, 3.05) is 46.6 Å². The number of hydrogen-bond acceptors (Lipinski definition) is 7. The third kappa shape index (κ3) is 5.96. The minimum Gasteiger partial charge on any atom is -0.379 e. The Morgan fingerprint density at radius 2 is 2.23 bits per heavy atom. The van der Waals surface area contributed by atoms with Crippen LogP contribution in [0.3, 0.4) is 0 Å². The fourth-order valence-electron chi connectivity index (χ4n) is 5.53. The Hall–Kier alpha value is -1.79. The Labute approximate surface area is 203 Å². The van der Waals surface area contributed by atoms with Crippen LogP contribution in [0.15, 0.2) is 12.3 Å². The summed E-state index contributed by atoms with van der Waals surface area (Å²) in [6, 6.07) is 1.37. The second-order valence-corrected chi connectivity index (χ2v) is 9.78. The van der Waals surface area contributed by atoms with E-state index >= 15 is 0 Å². The lowest BCUT2D eigenvalue weighted by atomic mass is 9.84. The van der Waals surface area contributed by atoms with E-state index in [4.69, 9.17) is 19.9 Å². The van der Waals surface area contributed by atoms with Crippen molar-refractivity contribution in [3.63, 3.8) is 0 Å². The lowest BCUT2D eigenvalue weighted by Gasteiger charge is -2.37. The molecule has 1 aromatic rings. The predicted octanol–water partition coefficient (Wildman–Crippen LogP) is 1.89. The zero-order valence-corrected chi connectivity index (χ0v) is 20.1. The summed E-state index contributed by atoms with van der Waals surface area (Å²) in [6.07, 6.45) is -0.356. The molecule has 35 heavy (non-hydrogen) atoms. The number of halogens is 3. The highest BCUT2D eigenvalue weighted by atomic mass is 19.4. The third-order valence-electron chi connectivity index (χ3n) is 7.41. The molecule has 0 spiro atoms.